The number of nitrogens with two attached hydrogens (primary N) is 1. The van der Waals surface area contributed by atoms with Crippen LogP contribution in [-0.4, -0.2) is 50.5 Å². The van der Waals surface area contributed by atoms with Gasteiger partial charge in [0, 0.05) is 12.6 Å². The van der Waals surface area contributed by atoms with Crippen LogP contribution in [0.25, 0.3) is 11.2 Å². The van der Waals surface area contributed by atoms with Crippen molar-refractivity contribution in [3.05, 3.63) is 6.33 Å². The molecular weight excluding hydrogens is 242 g/mol. The number of nitrogens with one attached hydrogen (secondary N) is 2. The number of nitrogen functional groups attached to an aromatic ring is 1. The molecule has 1 saturated heterocycles. The maximum absolute atomic E-state index is 5.69. The molecule has 19 heavy (non-hydrogen) atoms. The van der Waals surface area contributed by atoms with Crippen molar-refractivity contribution in [2.75, 3.05) is 30.7 Å². The van der Waals surface area contributed by atoms with E-state index in [1.807, 2.05) is 0 Å². The summed E-state index contributed by atoms with van der Waals surface area (Å²) in [5.41, 5.74) is 7.09. The molecule has 4 N–H and O–H groups in total. The van der Waals surface area contributed by atoms with Gasteiger partial charge in [-0.15, -0.1) is 0 Å². The Bertz CT molecular complexity index is 558. The van der Waals surface area contributed by atoms with Gasteiger partial charge in [0.05, 0.1) is 6.33 Å². The molecule has 1 atom stereocenters. The molecule has 2 aromatic rings. The Hall–Kier alpha value is -1.89. The Balaban J connectivity index is 1.72. The lowest BCUT2D eigenvalue weighted by Crippen LogP contribution is -2.35. The molecule has 0 aliphatic carbocycles. The van der Waals surface area contributed by atoms with Crippen LogP contribution in [0.5, 0.6) is 0 Å². The minimum absolute atomic E-state index is 0.246. The number of H-pyrrole nitrogens is 1. The number of nitrogens with zero attached hydrogens (tertiary/aromatic N) is 4. The third-order valence-electron chi connectivity index (χ3n) is 3.63. The molecule has 0 bridgehead atoms. The summed E-state index contributed by atoms with van der Waals surface area (Å²) >= 11 is 0. The van der Waals surface area contributed by atoms with Crippen LogP contribution in [0, 0.1) is 0 Å². The summed E-state index contributed by atoms with van der Waals surface area (Å²) in [6.07, 6.45) is 4.21. The molecule has 102 valence electrons. The van der Waals surface area contributed by atoms with Crippen molar-refractivity contribution < 1.29 is 0 Å². The van der Waals surface area contributed by atoms with Crippen LogP contribution in [0.4, 0.5) is 11.8 Å². The van der Waals surface area contributed by atoms with Gasteiger partial charge < -0.3 is 16.0 Å². The van der Waals surface area contributed by atoms with Crippen LogP contribution in [0.2, 0.25) is 0 Å². The lowest BCUT2D eigenvalue weighted by Gasteiger charge is -2.24. The number of fused-ring (bicyclic) bond motifs is 1. The van der Waals surface area contributed by atoms with Crippen molar-refractivity contribution in [3.63, 3.8) is 0 Å². The van der Waals surface area contributed by atoms with E-state index in [4.69, 9.17) is 5.73 Å². The summed E-state index contributed by atoms with van der Waals surface area (Å²) in [4.78, 5) is 17.9. The van der Waals surface area contributed by atoms with Gasteiger partial charge in [0.1, 0.15) is 5.52 Å². The van der Waals surface area contributed by atoms with Crippen molar-refractivity contribution in [1.82, 2.24) is 24.8 Å². The molecule has 1 unspecified atom stereocenters. The third kappa shape index (κ3) is 2.46. The summed E-state index contributed by atoms with van der Waals surface area (Å²) in [6.45, 7) is 5.44. The standard InChI is InChI=1S/C12H19N7/c1-8(19-4-2-3-5-19)6-14-10-9-11(16-7-15-9)18-12(13)17-10/h7-8H,2-6H2,1H3,(H4,13,14,15,16,17,18). The van der Waals surface area contributed by atoms with E-state index < -0.39 is 0 Å². The zero-order chi connectivity index (χ0) is 13.2. The number of likely N-dealkylation sites (tertiary alicyclic amines) is 1. The van der Waals surface area contributed by atoms with Gasteiger partial charge in [-0.05, 0) is 32.9 Å². The third-order valence-corrected chi connectivity index (χ3v) is 3.63. The highest BCUT2D eigenvalue weighted by Gasteiger charge is 2.18. The first kappa shape index (κ1) is 12.2. The average molecular weight is 261 g/mol. The topological polar surface area (TPSA) is 95.7 Å². The van der Waals surface area contributed by atoms with Crippen LogP contribution in [0.15, 0.2) is 6.33 Å². The highest BCUT2D eigenvalue weighted by atomic mass is 15.2. The number of aromatic nitrogens is 4. The molecule has 0 saturated carbocycles. The highest BCUT2D eigenvalue weighted by Crippen LogP contribution is 2.18. The van der Waals surface area contributed by atoms with Crippen LogP contribution in [-0.2, 0) is 0 Å². The molecule has 7 nitrogen and oxygen atoms in total. The van der Waals surface area contributed by atoms with Gasteiger partial charge in [-0.25, -0.2) is 4.98 Å². The van der Waals surface area contributed by atoms with E-state index in [-0.39, 0.29) is 5.95 Å². The summed E-state index contributed by atoms with van der Waals surface area (Å²) in [7, 11) is 0. The van der Waals surface area contributed by atoms with E-state index in [0.29, 0.717) is 11.7 Å². The quantitative estimate of drug-likeness (QED) is 0.754. The van der Waals surface area contributed by atoms with Gasteiger partial charge in [0.2, 0.25) is 5.95 Å². The van der Waals surface area contributed by atoms with Crippen LogP contribution in [0.1, 0.15) is 19.8 Å². The Kier molecular flexibility index (Phi) is 3.20. The molecule has 1 aliphatic rings. The van der Waals surface area contributed by atoms with Gasteiger partial charge >= 0.3 is 0 Å². The Morgan fingerprint density at radius 3 is 3.00 bits per heavy atom. The van der Waals surface area contributed by atoms with Gasteiger partial charge in [-0.3, -0.25) is 4.90 Å². The second-order valence-corrected chi connectivity index (χ2v) is 5.00. The number of hydrogen-bond donors (Lipinski definition) is 3. The molecular formula is C12H19N7. The van der Waals surface area contributed by atoms with Gasteiger partial charge in [-0.2, -0.15) is 9.97 Å². The first-order valence-corrected chi connectivity index (χ1v) is 6.68. The zero-order valence-electron chi connectivity index (χ0n) is 11.1. The van der Waals surface area contributed by atoms with Crippen LogP contribution in [0.3, 0.4) is 0 Å². The average Bonchev–Trinajstić information content (AvgIpc) is 3.05. The first-order valence-electron chi connectivity index (χ1n) is 6.68. The predicted octanol–water partition coefficient (Wildman–Crippen LogP) is 0.831. The summed E-state index contributed by atoms with van der Waals surface area (Å²) in [6, 6.07) is 0.483. The maximum atomic E-state index is 5.69. The number of hydrogen-bond acceptors (Lipinski definition) is 6. The number of aromatic amines is 1. The van der Waals surface area contributed by atoms with Crippen molar-refractivity contribution in [2.45, 2.75) is 25.8 Å². The number of rotatable bonds is 4. The normalized spacial score (nSPS) is 17.9. The minimum Gasteiger partial charge on any atom is -0.368 e. The fraction of sp³-hybridized carbons (Fsp3) is 0.583. The van der Waals surface area contributed by atoms with Gasteiger partial charge in [-0.1, -0.05) is 0 Å². The predicted molar refractivity (Wildman–Crippen MR) is 74.9 cm³/mol. The summed E-state index contributed by atoms with van der Waals surface area (Å²) < 4.78 is 0. The van der Waals surface area contributed by atoms with Gasteiger partial charge in [0.15, 0.2) is 11.5 Å². The number of imidazole rings is 1. The maximum Gasteiger partial charge on any atom is 0.224 e. The van der Waals surface area contributed by atoms with Crippen LogP contribution < -0.4 is 11.1 Å². The molecule has 0 amide bonds. The molecule has 1 fully saturated rings. The molecule has 2 aromatic heterocycles. The molecule has 7 heteroatoms. The second-order valence-electron chi connectivity index (χ2n) is 5.00. The Morgan fingerprint density at radius 1 is 1.42 bits per heavy atom. The fourth-order valence-corrected chi connectivity index (χ4v) is 2.53. The Morgan fingerprint density at radius 2 is 2.21 bits per heavy atom. The first-order chi connectivity index (χ1) is 9.24. The SMILES string of the molecule is CC(CNc1nc(N)nc2nc[nH]c12)N1CCCC1. The molecule has 0 radical (unpaired) electrons. The van der Waals surface area contributed by atoms with Crippen molar-refractivity contribution in [2.24, 2.45) is 0 Å². The highest BCUT2D eigenvalue weighted by molar-refractivity contribution is 5.83. The minimum atomic E-state index is 0.246. The van der Waals surface area contributed by atoms with Gasteiger partial charge in [0.25, 0.3) is 0 Å². The molecule has 0 spiro atoms. The van der Waals surface area contributed by atoms with E-state index in [1.165, 1.54) is 25.9 Å². The van der Waals surface area contributed by atoms with Crippen molar-refractivity contribution in [1.29, 1.82) is 0 Å². The summed E-state index contributed by atoms with van der Waals surface area (Å²) in [5.74, 6) is 0.974. The largest absolute Gasteiger partial charge is 0.368 e. The lowest BCUT2D eigenvalue weighted by molar-refractivity contribution is 0.269. The molecule has 0 aromatic carbocycles. The fourth-order valence-electron chi connectivity index (χ4n) is 2.53. The second kappa shape index (κ2) is 5.00. The smallest absolute Gasteiger partial charge is 0.224 e. The van der Waals surface area contributed by atoms with E-state index in [0.717, 1.165) is 17.9 Å². The lowest BCUT2D eigenvalue weighted by atomic mass is 10.3. The van der Waals surface area contributed by atoms with Crippen LogP contribution >= 0.6 is 0 Å². The van der Waals surface area contributed by atoms with E-state index in [2.05, 4.69) is 37.1 Å². The molecule has 1 aliphatic heterocycles. The van der Waals surface area contributed by atoms with E-state index in [9.17, 15) is 0 Å². The van der Waals surface area contributed by atoms with E-state index in [1.54, 1.807) is 6.33 Å². The van der Waals surface area contributed by atoms with Crippen molar-refractivity contribution in [3.8, 4) is 0 Å². The monoisotopic (exact) mass is 261 g/mol. The Labute approximate surface area is 111 Å². The van der Waals surface area contributed by atoms with Crippen molar-refractivity contribution >= 4 is 22.9 Å². The molecule has 3 heterocycles. The number of anilines is 2. The molecule has 3 rings (SSSR count). The zero-order valence-corrected chi connectivity index (χ0v) is 11.1. The summed E-state index contributed by atoms with van der Waals surface area (Å²) in [5, 5.41) is 3.35. The van der Waals surface area contributed by atoms with E-state index >= 15 is 0 Å².